The molecule has 0 spiro atoms. The number of nitrogens with one attached hydrogen (secondary N) is 3. The molecule has 1 fully saturated rings. The molecule has 2 heterocycles. The molecule has 1 aromatic heterocycles. The van der Waals surface area contributed by atoms with E-state index in [9.17, 15) is 0 Å². The first-order valence-electron chi connectivity index (χ1n) is 10.6. The minimum atomic E-state index is 0. The van der Waals surface area contributed by atoms with Crippen LogP contribution in [0.25, 0.3) is 11.4 Å². The maximum atomic E-state index is 5.41. The number of methoxy groups -OCH3 is 2. The second kappa shape index (κ2) is 11.7. The van der Waals surface area contributed by atoms with Crippen LogP contribution in [0, 0.1) is 0 Å². The van der Waals surface area contributed by atoms with Gasteiger partial charge in [-0.05, 0) is 18.1 Å². The number of rotatable bonds is 7. The van der Waals surface area contributed by atoms with E-state index < -0.39 is 0 Å². The van der Waals surface area contributed by atoms with Crippen molar-refractivity contribution >= 4 is 35.6 Å². The first-order valence-corrected chi connectivity index (χ1v) is 10.6. The van der Waals surface area contributed by atoms with E-state index >= 15 is 0 Å². The Kier molecular flexibility index (Phi) is 8.75. The Morgan fingerprint density at radius 3 is 2.64 bits per heavy atom. The van der Waals surface area contributed by atoms with E-state index in [1.165, 1.54) is 6.33 Å². The highest BCUT2D eigenvalue weighted by atomic mass is 127. The van der Waals surface area contributed by atoms with Crippen LogP contribution in [0.4, 0.5) is 5.69 Å². The Hall–Kier alpha value is -3.02. The fraction of sp³-hybridized carbons (Fsp3) is 0.348. The number of halogens is 1. The number of benzene rings is 2. The van der Waals surface area contributed by atoms with Gasteiger partial charge in [0.05, 0.1) is 14.2 Å². The zero-order valence-electron chi connectivity index (χ0n) is 19.0. The van der Waals surface area contributed by atoms with Gasteiger partial charge in [-0.1, -0.05) is 18.2 Å². The summed E-state index contributed by atoms with van der Waals surface area (Å²) in [5, 5.41) is 13.8. The molecular formula is C23H30IN7O2. The van der Waals surface area contributed by atoms with E-state index in [0.29, 0.717) is 12.6 Å². The predicted molar refractivity (Wildman–Crippen MR) is 141 cm³/mol. The third-order valence-corrected chi connectivity index (χ3v) is 5.53. The van der Waals surface area contributed by atoms with Gasteiger partial charge in [0.25, 0.3) is 0 Å². The SMILES string of the molecule is CN=C(NCc1cccc(-c2ncn[nH]2)c1)NC1CCN(c2cc(OC)cc(OC)c2)C1.I. The number of nitrogens with zero attached hydrogens (tertiary/aromatic N) is 4. The summed E-state index contributed by atoms with van der Waals surface area (Å²) in [6.45, 7) is 2.48. The van der Waals surface area contributed by atoms with Crippen molar-refractivity contribution in [1.82, 2.24) is 25.8 Å². The smallest absolute Gasteiger partial charge is 0.191 e. The summed E-state index contributed by atoms with van der Waals surface area (Å²) in [4.78, 5) is 10.9. The lowest BCUT2D eigenvalue weighted by molar-refractivity contribution is 0.394. The van der Waals surface area contributed by atoms with Crippen molar-refractivity contribution in [2.24, 2.45) is 4.99 Å². The average molecular weight is 563 g/mol. The second-order valence-corrected chi connectivity index (χ2v) is 7.61. The Morgan fingerprint density at radius 2 is 1.97 bits per heavy atom. The summed E-state index contributed by atoms with van der Waals surface area (Å²) < 4.78 is 10.8. The van der Waals surface area contributed by atoms with Crippen LogP contribution in [-0.2, 0) is 6.54 Å². The molecule has 0 amide bonds. The van der Waals surface area contributed by atoms with Gasteiger partial charge in [0.2, 0.25) is 0 Å². The van der Waals surface area contributed by atoms with Crippen molar-refractivity contribution in [3.63, 3.8) is 0 Å². The number of hydrogen-bond donors (Lipinski definition) is 3. The summed E-state index contributed by atoms with van der Waals surface area (Å²) in [7, 11) is 5.13. The van der Waals surface area contributed by atoms with Gasteiger partial charge in [0, 0.05) is 62.2 Å². The molecule has 0 aliphatic carbocycles. The molecule has 0 radical (unpaired) electrons. The maximum Gasteiger partial charge on any atom is 0.191 e. The number of ether oxygens (including phenoxy) is 2. The van der Waals surface area contributed by atoms with Crippen molar-refractivity contribution in [3.05, 3.63) is 54.4 Å². The van der Waals surface area contributed by atoms with Crippen molar-refractivity contribution < 1.29 is 9.47 Å². The maximum absolute atomic E-state index is 5.41. The number of anilines is 1. The number of guanidine groups is 1. The highest BCUT2D eigenvalue weighted by molar-refractivity contribution is 14.0. The topological polar surface area (TPSA) is 99.7 Å². The number of aromatic amines is 1. The van der Waals surface area contributed by atoms with E-state index in [1.807, 2.05) is 30.3 Å². The van der Waals surface area contributed by atoms with Gasteiger partial charge < -0.3 is 25.0 Å². The van der Waals surface area contributed by atoms with Crippen LogP contribution in [0.5, 0.6) is 11.5 Å². The van der Waals surface area contributed by atoms with Gasteiger partial charge in [0.15, 0.2) is 11.8 Å². The number of H-pyrrole nitrogens is 1. The fourth-order valence-electron chi connectivity index (χ4n) is 3.83. The Labute approximate surface area is 211 Å². The molecule has 10 heteroatoms. The van der Waals surface area contributed by atoms with E-state index in [2.05, 4.69) is 47.8 Å². The highest BCUT2D eigenvalue weighted by Gasteiger charge is 2.24. The van der Waals surface area contributed by atoms with Crippen LogP contribution in [0.1, 0.15) is 12.0 Å². The molecule has 1 saturated heterocycles. The van der Waals surface area contributed by atoms with Gasteiger partial charge in [0.1, 0.15) is 17.8 Å². The molecule has 2 aromatic carbocycles. The summed E-state index contributed by atoms with van der Waals surface area (Å²) >= 11 is 0. The third-order valence-electron chi connectivity index (χ3n) is 5.53. The Morgan fingerprint density at radius 1 is 1.18 bits per heavy atom. The molecule has 176 valence electrons. The van der Waals surface area contributed by atoms with E-state index in [0.717, 1.165) is 59.6 Å². The minimum Gasteiger partial charge on any atom is -0.497 e. The van der Waals surface area contributed by atoms with Gasteiger partial charge >= 0.3 is 0 Å². The van der Waals surface area contributed by atoms with Crippen LogP contribution in [-0.4, -0.2) is 61.5 Å². The van der Waals surface area contributed by atoms with Crippen LogP contribution in [0.2, 0.25) is 0 Å². The standard InChI is InChI=1S/C23H29N7O2.HI/c1-24-23(25-13-16-5-4-6-17(9-16)22-26-15-27-29-22)28-18-7-8-30(14-18)19-10-20(31-2)12-21(11-19)32-3;/h4-6,9-12,15,18H,7-8,13-14H2,1-3H3,(H2,24,25,28)(H,26,27,29);1H. The molecule has 1 aliphatic rings. The van der Waals surface area contributed by atoms with E-state index in [-0.39, 0.29) is 24.0 Å². The molecule has 0 saturated carbocycles. The van der Waals surface area contributed by atoms with Gasteiger partial charge in [-0.25, -0.2) is 4.98 Å². The second-order valence-electron chi connectivity index (χ2n) is 7.61. The van der Waals surface area contributed by atoms with Gasteiger partial charge in [-0.15, -0.1) is 24.0 Å². The summed E-state index contributed by atoms with van der Waals surface area (Å²) in [6.07, 6.45) is 2.53. The van der Waals surface area contributed by atoms with Gasteiger partial charge in [-0.2, -0.15) is 5.10 Å². The molecule has 33 heavy (non-hydrogen) atoms. The lowest BCUT2D eigenvalue weighted by Crippen LogP contribution is -2.44. The molecule has 0 bridgehead atoms. The predicted octanol–water partition coefficient (Wildman–Crippen LogP) is 3.05. The zero-order valence-corrected chi connectivity index (χ0v) is 21.4. The van der Waals surface area contributed by atoms with Crippen LogP contribution < -0.4 is 25.0 Å². The summed E-state index contributed by atoms with van der Waals surface area (Å²) in [6, 6.07) is 14.5. The molecule has 4 rings (SSSR count). The molecular weight excluding hydrogens is 533 g/mol. The molecule has 1 unspecified atom stereocenters. The van der Waals surface area contributed by atoms with E-state index in [4.69, 9.17) is 9.47 Å². The van der Waals surface area contributed by atoms with Gasteiger partial charge in [-0.3, -0.25) is 10.1 Å². The van der Waals surface area contributed by atoms with Crippen LogP contribution in [0.3, 0.4) is 0 Å². The largest absolute Gasteiger partial charge is 0.497 e. The molecule has 1 atom stereocenters. The Balaban J connectivity index is 0.00000306. The van der Waals surface area contributed by atoms with Crippen LogP contribution >= 0.6 is 24.0 Å². The number of aliphatic imine (C=N–C) groups is 1. The molecule has 1 aliphatic heterocycles. The third kappa shape index (κ3) is 6.28. The molecule has 3 N–H and O–H groups in total. The van der Waals surface area contributed by atoms with Crippen molar-refractivity contribution in [2.75, 3.05) is 39.3 Å². The van der Waals surface area contributed by atoms with Crippen LogP contribution in [0.15, 0.2) is 53.8 Å². The first kappa shape index (κ1) is 24.6. The molecule has 9 nitrogen and oxygen atoms in total. The number of hydrogen-bond acceptors (Lipinski definition) is 6. The average Bonchev–Trinajstić information content (AvgIpc) is 3.54. The first-order chi connectivity index (χ1) is 15.7. The lowest BCUT2D eigenvalue weighted by atomic mass is 10.1. The van der Waals surface area contributed by atoms with Crippen molar-refractivity contribution in [1.29, 1.82) is 0 Å². The minimum absolute atomic E-state index is 0. The van der Waals surface area contributed by atoms with Crippen molar-refractivity contribution in [2.45, 2.75) is 19.0 Å². The quantitative estimate of drug-likeness (QED) is 0.231. The zero-order chi connectivity index (χ0) is 22.3. The summed E-state index contributed by atoms with van der Waals surface area (Å²) in [5.74, 6) is 3.13. The highest BCUT2D eigenvalue weighted by Crippen LogP contribution is 2.30. The fourth-order valence-corrected chi connectivity index (χ4v) is 3.83. The normalized spacial score (nSPS) is 15.7. The monoisotopic (exact) mass is 563 g/mol. The van der Waals surface area contributed by atoms with E-state index in [1.54, 1.807) is 21.3 Å². The van der Waals surface area contributed by atoms with Crippen molar-refractivity contribution in [3.8, 4) is 22.9 Å². The molecule has 3 aromatic rings. The number of aromatic nitrogens is 3. The lowest BCUT2D eigenvalue weighted by Gasteiger charge is -2.21. The Bertz CT molecular complexity index is 1040. The summed E-state index contributed by atoms with van der Waals surface area (Å²) in [5.41, 5.74) is 3.24.